The van der Waals surface area contributed by atoms with E-state index in [4.69, 9.17) is 4.74 Å². The van der Waals surface area contributed by atoms with E-state index < -0.39 is 0 Å². The van der Waals surface area contributed by atoms with Crippen LogP contribution in [-0.2, 0) is 16.1 Å². The summed E-state index contributed by atoms with van der Waals surface area (Å²) in [6, 6.07) is 16.6. The van der Waals surface area contributed by atoms with Crippen molar-refractivity contribution in [1.82, 2.24) is 9.38 Å². The summed E-state index contributed by atoms with van der Waals surface area (Å²) in [5.41, 5.74) is 2.59. The Morgan fingerprint density at radius 1 is 1.15 bits per heavy atom. The molecule has 0 saturated heterocycles. The van der Waals surface area contributed by atoms with Gasteiger partial charge in [0.15, 0.2) is 0 Å². The van der Waals surface area contributed by atoms with Gasteiger partial charge in [-0.25, -0.2) is 4.98 Å². The lowest BCUT2D eigenvalue weighted by Gasteiger charge is -2.21. The van der Waals surface area contributed by atoms with E-state index in [1.165, 1.54) is 10.5 Å². The Kier molecular flexibility index (Phi) is 5.69. The van der Waals surface area contributed by atoms with Gasteiger partial charge in [0.25, 0.3) is 5.56 Å². The molecule has 1 aromatic carbocycles. The van der Waals surface area contributed by atoms with Crippen LogP contribution in [0.2, 0.25) is 0 Å². The zero-order valence-corrected chi connectivity index (χ0v) is 15.9. The van der Waals surface area contributed by atoms with Gasteiger partial charge in [-0.2, -0.15) is 0 Å². The fourth-order valence-electron chi connectivity index (χ4n) is 3.27. The number of nitrogens with zero attached hydrogens (tertiary/aromatic N) is 2. The average Bonchev–Trinajstić information content (AvgIpc) is 2.67. The van der Waals surface area contributed by atoms with Crippen LogP contribution in [0.3, 0.4) is 0 Å². The second kappa shape index (κ2) is 8.16. The van der Waals surface area contributed by atoms with Crippen molar-refractivity contribution < 1.29 is 9.53 Å². The van der Waals surface area contributed by atoms with Gasteiger partial charge in [0, 0.05) is 11.8 Å². The molecule has 27 heavy (non-hydrogen) atoms. The highest BCUT2D eigenvalue weighted by atomic mass is 16.5. The molecule has 2 heterocycles. The third-order valence-electron chi connectivity index (χ3n) is 4.92. The number of carbonyl (C=O) groups excluding carboxylic acids is 1. The van der Waals surface area contributed by atoms with E-state index in [1.54, 1.807) is 6.07 Å². The molecule has 0 spiro atoms. The summed E-state index contributed by atoms with van der Waals surface area (Å²) < 4.78 is 7.09. The number of fused-ring (bicyclic) bond motifs is 1. The molecule has 2 aromatic heterocycles. The highest BCUT2D eigenvalue weighted by Gasteiger charge is 2.27. The Labute approximate surface area is 158 Å². The maximum Gasteiger partial charge on any atom is 0.314 e. The molecule has 2 atom stereocenters. The molecule has 0 aliphatic rings. The molecule has 5 heteroatoms. The molecule has 140 valence electrons. The lowest BCUT2D eigenvalue weighted by atomic mass is 9.86. The Balaban J connectivity index is 1.81. The van der Waals surface area contributed by atoms with Gasteiger partial charge in [-0.3, -0.25) is 14.0 Å². The minimum Gasteiger partial charge on any atom is -0.459 e. The largest absolute Gasteiger partial charge is 0.459 e. The third-order valence-corrected chi connectivity index (χ3v) is 4.92. The number of carbonyl (C=O) groups is 1. The van der Waals surface area contributed by atoms with Crippen molar-refractivity contribution in [2.75, 3.05) is 0 Å². The lowest BCUT2D eigenvalue weighted by Crippen LogP contribution is -2.23. The van der Waals surface area contributed by atoms with Crippen molar-refractivity contribution >= 4 is 11.6 Å². The fraction of sp³-hybridized carbons (Fsp3) is 0.318. The van der Waals surface area contributed by atoms with E-state index in [2.05, 4.69) is 11.9 Å². The number of pyridine rings is 1. The molecular formula is C22H24N2O3. The van der Waals surface area contributed by atoms with Gasteiger partial charge in [-0.15, -0.1) is 0 Å². The summed E-state index contributed by atoms with van der Waals surface area (Å²) in [5, 5.41) is 0. The van der Waals surface area contributed by atoms with Crippen LogP contribution >= 0.6 is 0 Å². The smallest absolute Gasteiger partial charge is 0.314 e. The van der Waals surface area contributed by atoms with Gasteiger partial charge in [-0.05, 0) is 30.5 Å². The van der Waals surface area contributed by atoms with Gasteiger partial charge < -0.3 is 4.74 Å². The number of aryl methyl sites for hydroxylation is 1. The molecule has 5 nitrogen and oxygen atoms in total. The summed E-state index contributed by atoms with van der Waals surface area (Å²) in [6.45, 7) is 5.94. The monoisotopic (exact) mass is 364 g/mol. The van der Waals surface area contributed by atoms with Gasteiger partial charge >= 0.3 is 5.97 Å². The first-order valence-electron chi connectivity index (χ1n) is 9.21. The molecule has 0 aliphatic carbocycles. The Morgan fingerprint density at radius 2 is 1.89 bits per heavy atom. The third kappa shape index (κ3) is 4.08. The summed E-state index contributed by atoms with van der Waals surface area (Å²) >= 11 is 0. The van der Waals surface area contributed by atoms with Crippen molar-refractivity contribution in [3.05, 3.63) is 81.9 Å². The molecule has 0 bridgehead atoms. The maximum atomic E-state index is 12.8. The van der Waals surface area contributed by atoms with Crippen LogP contribution < -0.4 is 5.56 Å². The van der Waals surface area contributed by atoms with Gasteiger partial charge in [0.05, 0.1) is 11.6 Å². The predicted octanol–water partition coefficient (Wildman–Crippen LogP) is 3.88. The number of benzene rings is 1. The molecule has 0 fully saturated rings. The molecule has 0 unspecified atom stereocenters. The summed E-state index contributed by atoms with van der Waals surface area (Å²) in [4.78, 5) is 29.6. The van der Waals surface area contributed by atoms with Gasteiger partial charge in [0.1, 0.15) is 12.3 Å². The lowest BCUT2D eigenvalue weighted by molar-refractivity contribution is -0.148. The van der Waals surface area contributed by atoms with E-state index in [-0.39, 0.29) is 30.0 Å². The topological polar surface area (TPSA) is 60.7 Å². The number of hydrogen-bond donors (Lipinski definition) is 0. The van der Waals surface area contributed by atoms with E-state index in [9.17, 15) is 9.59 Å². The standard InChI is InChI=1S/C22H24N2O3/c1-4-15(2)21(17-10-6-5-7-11-17)22(26)27-14-18-13-20(25)24-16(3)9-8-12-19(24)23-18/h5-13,15,21H,4,14H2,1-3H3/t15-,21-/m0/s1. The summed E-state index contributed by atoms with van der Waals surface area (Å²) in [6.07, 6.45) is 0.865. The first-order chi connectivity index (χ1) is 13.0. The van der Waals surface area contributed by atoms with Crippen LogP contribution in [0.4, 0.5) is 0 Å². The molecule has 3 rings (SSSR count). The zero-order valence-electron chi connectivity index (χ0n) is 15.9. The number of aromatic nitrogens is 2. The van der Waals surface area contributed by atoms with E-state index in [0.29, 0.717) is 11.3 Å². The maximum absolute atomic E-state index is 12.8. The Hall–Kier alpha value is -2.95. The zero-order chi connectivity index (χ0) is 19.4. The van der Waals surface area contributed by atoms with Crippen molar-refractivity contribution in [2.45, 2.75) is 39.7 Å². The van der Waals surface area contributed by atoms with Gasteiger partial charge in [-0.1, -0.05) is 56.7 Å². The first kappa shape index (κ1) is 18.8. The molecule has 0 amide bonds. The minimum atomic E-state index is -0.333. The van der Waals surface area contributed by atoms with Crippen LogP contribution in [0, 0.1) is 12.8 Å². The number of esters is 1. The number of hydrogen-bond acceptors (Lipinski definition) is 4. The van der Waals surface area contributed by atoms with Crippen LogP contribution in [0.25, 0.3) is 5.65 Å². The van der Waals surface area contributed by atoms with E-state index in [0.717, 1.165) is 17.7 Å². The summed E-state index contributed by atoms with van der Waals surface area (Å²) in [7, 11) is 0. The summed E-state index contributed by atoms with van der Waals surface area (Å²) in [5.74, 6) is -0.473. The van der Waals surface area contributed by atoms with Gasteiger partial charge in [0.2, 0.25) is 0 Å². The van der Waals surface area contributed by atoms with Crippen molar-refractivity contribution in [3.63, 3.8) is 0 Å². The SMILES string of the molecule is CC[C@H](C)[C@H](C(=O)OCc1cc(=O)n2c(C)cccc2n1)c1ccccc1. The van der Waals surface area contributed by atoms with Crippen LogP contribution in [-0.4, -0.2) is 15.4 Å². The molecular weight excluding hydrogens is 340 g/mol. The van der Waals surface area contributed by atoms with Crippen LogP contribution in [0.15, 0.2) is 59.4 Å². The molecule has 0 radical (unpaired) electrons. The predicted molar refractivity (Wildman–Crippen MR) is 105 cm³/mol. The second-order valence-corrected chi connectivity index (χ2v) is 6.83. The van der Waals surface area contributed by atoms with Crippen LogP contribution in [0.1, 0.15) is 43.1 Å². The second-order valence-electron chi connectivity index (χ2n) is 6.83. The Bertz CT molecular complexity index is 995. The molecule has 0 saturated carbocycles. The molecule has 3 aromatic rings. The highest BCUT2D eigenvalue weighted by molar-refractivity contribution is 5.78. The first-order valence-corrected chi connectivity index (χ1v) is 9.21. The normalized spacial score (nSPS) is 13.3. The van der Waals surface area contributed by atoms with Crippen molar-refractivity contribution in [1.29, 1.82) is 0 Å². The van der Waals surface area contributed by atoms with Crippen LogP contribution in [0.5, 0.6) is 0 Å². The Morgan fingerprint density at radius 3 is 2.59 bits per heavy atom. The van der Waals surface area contributed by atoms with E-state index >= 15 is 0 Å². The minimum absolute atomic E-state index is 0.0156. The van der Waals surface area contributed by atoms with Crippen molar-refractivity contribution in [3.8, 4) is 0 Å². The fourth-order valence-corrected chi connectivity index (χ4v) is 3.27. The quantitative estimate of drug-likeness (QED) is 0.623. The average molecular weight is 364 g/mol. The molecule has 0 aliphatic heterocycles. The van der Waals surface area contributed by atoms with Crippen molar-refractivity contribution in [2.24, 2.45) is 5.92 Å². The number of ether oxygens (including phenoxy) is 1. The number of rotatable bonds is 6. The van der Waals surface area contributed by atoms with E-state index in [1.807, 2.05) is 56.3 Å². The molecule has 0 N–H and O–H groups in total. The highest BCUT2D eigenvalue weighted by Crippen LogP contribution is 2.28.